The van der Waals surface area contributed by atoms with E-state index in [1.807, 2.05) is 91.9 Å². The van der Waals surface area contributed by atoms with E-state index >= 15 is 0 Å². The zero-order valence-corrected chi connectivity index (χ0v) is 18.8. The second kappa shape index (κ2) is 10.0. The van der Waals surface area contributed by atoms with Gasteiger partial charge < -0.3 is 10.1 Å². The third-order valence-electron chi connectivity index (χ3n) is 5.20. The van der Waals surface area contributed by atoms with E-state index in [0.29, 0.717) is 22.0 Å². The highest BCUT2D eigenvalue weighted by Crippen LogP contribution is 2.31. The number of amides is 1. The molecule has 0 aliphatic heterocycles. The maximum absolute atomic E-state index is 12.9. The minimum absolute atomic E-state index is 0.0181. The minimum atomic E-state index is -0.479. The number of hydrogen-bond donors (Lipinski definition) is 1. The number of benzene rings is 4. The van der Waals surface area contributed by atoms with Crippen LogP contribution in [0.4, 0.5) is 5.69 Å². The SMILES string of the molecule is Cc1cccc(NC(=O)/C(C#N)=C\c2c(OCc3ccccc3Cl)ccc3ccccc23)c1. The molecule has 0 aromatic heterocycles. The molecule has 0 fully saturated rings. The number of carbonyl (C=O) groups is 1. The fraction of sp³-hybridized carbons (Fsp3) is 0.0714. The largest absolute Gasteiger partial charge is 0.488 e. The van der Waals surface area contributed by atoms with Gasteiger partial charge in [-0.25, -0.2) is 0 Å². The lowest BCUT2D eigenvalue weighted by molar-refractivity contribution is -0.112. The van der Waals surface area contributed by atoms with Gasteiger partial charge in [-0.05, 0) is 53.6 Å². The summed E-state index contributed by atoms with van der Waals surface area (Å²) in [7, 11) is 0. The average molecular weight is 453 g/mol. The molecule has 4 aromatic carbocycles. The normalized spacial score (nSPS) is 11.1. The molecule has 0 atom stereocenters. The van der Waals surface area contributed by atoms with Crippen LogP contribution in [-0.4, -0.2) is 5.91 Å². The molecule has 0 bridgehead atoms. The van der Waals surface area contributed by atoms with Gasteiger partial charge >= 0.3 is 0 Å². The summed E-state index contributed by atoms with van der Waals surface area (Å²) in [6, 6.07) is 28.5. The van der Waals surface area contributed by atoms with Crippen LogP contribution >= 0.6 is 11.6 Å². The van der Waals surface area contributed by atoms with Gasteiger partial charge in [0.15, 0.2) is 0 Å². The number of carbonyl (C=O) groups excluding carboxylic acids is 1. The highest BCUT2D eigenvalue weighted by Gasteiger charge is 2.14. The highest BCUT2D eigenvalue weighted by atomic mass is 35.5. The molecular formula is C28H21ClN2O2. The van der Waals surface area contributed by atoms with Gasteiger partial charge in [-0.15, -0.1) is 0 Å². The first-order chi connectivity index (χ1) is 16.0. The Morgan fingerprint density at radius 1 is 1.03 bits per heavy atom. The van der Waals surface area contributed by atoms with Crippen LogP contribution in [0.5, 0.6) is 5.75 Å². The van der Waals surface area contributed by atoms with Crippen LogP contribution in [0.1, 0.15) is 16.7 Å². The van der Waals surface area contributed by atoms with E-state index in [4.69, 9.17) is 16.3 Å². The van der Waals surface area contributed by atoms with Crippen LogP contribution in [-0.2, 0) is 11.4 Å². The molecular weight excluding hydrogens is 432 g/mol. The lowest BCUT2D eigenvalue weighted by Gasteiger charge is -2.13. The van der Waals surface area contributed by atoms with E-state index in [9.17, 15) is 10.1 Å². The summed E-state index contributed by atoms with van der Waals surface area (Å²) in [4.78, 5) is 12.9. The lowest BCUT2D eigenvalue weighted by Crippen LogP contribution is -2.13. The molecule has 4 aromatic rings. The Bertz CT molecular complexity index is 1400. The number of hydrogen-bond acceptors (Lipinski definition) is 3. The van der Waals surface area contributed by atoms with Gasteiger partial charge in [0.2, 0.25) is 0 Å². The molecule has 5 heteroatoms. The molecule has 33 heavy (non-hydrogen) atoms. The molecule has 162 valence electrons. The van der Waals surface area contributed by atoms with Crippen LogP contribution in [0.15, 0.2) is 90.5 Å². The number of nitrogens with zero attached hydrogens (tertiary/aromatic N) is 1. The molecule has 4 rings (SSSR count). The number of ether oxygens (including phenoxy) is 1. The molecule has 0 aliphatic carbocycles. The monoisotopic (exact) mass is 452 g/mol. The Balaban J connectivity index is 1.71. The summed E-state index contributed by atoms with van der Waals surface area (Å²) in [6.45, 7) is 2.20. The van der Waals surface area contributed by atoms with Gasteiger partial charge in [-0.1, -0.05) is 72.3 Å². The Morgan fingerprint density at radius 2 is 1.82 bits per heavy atom. The summed E-state index contributed by atoms with van der Waals surface area (Å²) < 4.78 is 6.10. The van der Waals surface area contributed by atoms with Crippen molar-refractivity contribution in [3.63, 3.8) is 0 Å². The van der Waals surface area contributed by atoms with Gasteiger partial charge in [0.1, 0.15) is 24.0 Å². The molecule has 0 radical (unpaired) electrons. The van der Waals surface area contributed by atoms with Crippen LogP contribution < -0.4 is 10.1 Å². The highest BCUT2D eigenvalue weighted by molar-refractivity contribution is 6.31. The molecule has 0 saturated carbocycles. The Labute approximate surface area is 197 Å². The van der Waals surface area contributed by atoms with Gasteiger partial charge in [0.25, 0.3) is 5.91 Å². The fourth-order valence-corrected chi connectivity index (χ4v) is 3.73. The van der Waals surface area contributed by atoms with Crippen molar-refractivity contribution in [1.82, 2.24) is 0 Å². The number of halogens is 1. The zero-order valence-electron chi connectivity index (χ0n) is 18.0. The van der Waals surface area contributed by atoms with E-state index in [-0.39, 0.29) is 12.2 Å². The van der Waals surface area contributed by atoms with Crippen molar-refractivity contribution in [3.8, 4) is 11.8 Å². The van der Waals surface area contributed by atoms with E-state index in [1.54, 1.807) is 12.1 Å². The first-order valence-electron chi connectivity index (χ1n) is 10.4. The van der Waals surface area contributed by atoms with E-state index in [0.717, 1.165) is 21.9 Å². The smallest absolute Gasteiger partial charge is 0.266 e. The van der Waals surface area contributed by atoms with Crippen molar-refractivity contribution in [2.24, 2.45) is 0 Å². The van der Waals surface area contributed by atoms with Crippen LogP contribution in [0.2, 0.25) is 5.02 Å². The summed E-state index contributed by atoms with van der Waals surface area (Å²) >= 11 is 6.27. The Morgan fingerprint density at radius 3 is 2.61 bits per heavy atom. The summed E-state index contributed by atoms with van der Waals surface area (Å²) in [5.74, 6) is 0.0813. The van der Waals surface area contributed by atoms with E-state index < -0.39 is 5.91 Å². The number of nitrogens with one attached hydrogen (secondary N) is 1. The standard InChI is InChI=1S/C28H21ClN2O2/c1-19-7-6-10-23(15-19)31-28(32)22(17-30)16-25-24-11-4-2-8-20(24)13-14-27(25)33-18-21-9-3-5-12-26(21)29/h2-16H,18H2,1H3,(H,31,32)/b22-16-. The fourth-order valence-electron chi connectivity index (χ4n) is 3.54. The van der Waals surface area contributed by atoms with Crippen LogP contribution in [0.25, 0.3) is 16.8 Å². The molecule has 0 unspecified atom stereocenters. The quantitative estimate of drug-likeness (QED) is 0.255. The van der Waals surface area contributed by atoms with Crippen molar-refractivity contribution in [1.29, 1.82) is 5.26 Å². The van der Waals surface area contributed by atoms with Gasteiger partial charge in [-0.3, -0.25) is 4.79 Å². The third kappa shape index (κ3) is 5.23. The van der Waals surface area contributed by atoms with Crippen LogP contribution in [0.3, 0.4) is 0 Å². The Kier molecular flexibility index (Phi) is 6.73. The molecule has 0 heterocycles. The summed E-state index contributed by atoms with van der Waals surface area (Å²) in [6.07, 6.45) is 1.58. The van der Waals surface area contributed by atoms with Gasteiger partial charge in [0.05, 0.1) is 0 Å². The molecule has 0 saturated heterocycles. The first-order valence-corrected chi connectivity index (χ1v) is 10.8. The molecule has 1 N–H and O–H groups in total. The predicted molar refractivity (Wildman–Crippen MR) is 133 cm³/mol. The molecule has 0 spiro atoms. The number of anilines is 1. The zero-order chi connectivity index (χ0) is 23.2. The first kappa shape index (κ1) is 22.1. The second-order valence-electron chi connectivity index (χ2n) is 7.57. The van der Waals surface area contributed by atoms with Crippen molar-refractivity contribution in [3.05, 3.63) is 112 Å². The van der Waals surface area contributed by atoms with Gasteiger partial charge in [0, 0.05) is 21.8 Å². The van der Waals surface area contributed by atoms with Crippen LogP contribution in [0, 0.1) is 18.3 Å². The average Bonchev–Trinajstić information content (AvgIpc) is 2.82. The molecule has 1 amide bonds. The number of fused-ring (bicyclic) bond motifs is 1. The summed E-state index contributed by atoms with van der Waals surface area (Å²) in [5.41, 5.74) is 3.14. The maximum atomic E-state index is 12.9. The maximum Gasteiger partial charge on any atom is 0.266 e. The number of nitriles is 1. The van der Waals surface area contributed by atoms with Crippen molar-refractivity contribution < 1.29 is 9.53 Å². The minimum Gasteiger partial charge on any atom is -0.488 e. The number of rotatable bonds is 6. The third-order valence-corrected chi connectivity index (χ3v) is 5.57. The number of aryl methyl sites for hydroxylation is 1. The molecule has 0 aliphatic rings. The van der Waals surface area contributed by atoms with Gasteiger partial charge in [-0.2, -0.15) is 5.26 Å². The topological polar surface area (TPSA) is 62.1 Å². The van der Waals surface area contributed by atoms with E-state index in [1.165, 1.54) is 0 Å². The summed E-state index contributed by atoms with van der Waals surface area (Å²) in [5, 5.41) is 15.0. The van der Waals surface area contributed by atoms with E-state index in [2.05, 4.69) is 5.32 Å². The van der Waals surface area contributed by atoms with Crippen molar-refractivity contribution >= 4 is 40.0 Å². The lowest BCUT2D eigenvalue weighted by atomic mass is 10.0. The predicted octanol–water partition coefficient (Wildman–Crippen LogP) is 6.93. The Hall–Kier alpha value is -4.07. The molecule has 4 nitrogen and oxygen atoms in total. The van der Waals surface area contributed by atoms with Crippen molar-refractivity contribution in [2.45, 2.75) is 13.5 Å². The van der Waals surface area contributed by atoms with Crippen molar-refractivity contribution in [2.75, 3.05) is 5.32 Å². The second-order valence-corrected chi connectivity index (χ2v) is 7.98.